The molecule has 2 aromatic rings. The maximum atomic E-state index is 12.4. The van der Waals surface area contributed by atoms with Gasteiger partial charge in [-0.05, 0) is 36.4 Å². The summed E-state index contributed by atoms with van der Waals surface area (Å²) in [6, 6.07) is 15.3. The number of hydrogen-bond acceptors (Lipinski definition) is 5. The van der Waals surface area contributed by atoms with Crippen molar-refractivity contribution >= 4 is 23.3 Å². The van der Waals surface area contributed by atoms with Crippen molar-refractivity contribution in [2.45, 2.75) is 0 Å². The second kappa shape index (κ2) is 7.84. The summed E-state index contributed by atoms with van der Waals surface area (Å²) in [6.07, 6.45) is 0. The maximum Gasteiger partial charge on any atom is 0.325 e. The molecule has 2 rings (SSSR count). The molecule has 2 aromatic carbocycles. The molecule has 120 valence electrons. The molecule has 0 radical (unpaired) electrons. The highest BCUT2D eigenvalue weighted by molar-refractivity contribution is 5.99. The van der Waals surface area contributed by atoms with E-state index in [9.17, 15) is 14.7 Å². The number of carbonyl (C=O) groups excluding carboxylic acids is 2. The second-order valence-electron chi connectivity index (χ2n) is 4.79. The van der Waals surface area contributed by atoms with E-state index in [0.29, 0.717) is 11.4 Å². The van der Waals surface area contributed by atoms with Gasteiger partial charge in [0, 0.05) is 11.4 Å². The number of amides is 1. The number of phenols is 1. The standard InChI is InChI=1S/C17H18N2O4/c1-23-17(22)12-19(14-5-3-2-4-6-14)16(21)11-18-13-7-9-15(20)10-8-13/h2-10,18,20H,11-12H2,1H3. The number of carbonyl (C=O) groups is 2. The van der Waals surface area contributed by atoms with Gasteiger partial charge in [0.15, 0.2) is 0 Å². The molecule has 23 heavy (non-hydrogen) atoms. The zero-order valence-electron chi connectivity index (χ0n) is 12.7. The Balaban J connectivity index is 2.07. The molecule has 0 unspecified atom stereocenters. The third-order valence-electron chi connectivity index (χ3n) is 3.19. The molecule has 0 heterocycles. The summed E-state index contributed by atoms with van der Waals surface area (Å²) in [7, 11) is 1.28. The highest BCUT2D eigenvalue weighted by atomic mass is 16.5. The summed E-state index contributed by atoms with van der Waals surface area (Å²) in [5.41, 5.74) is 1.32. The van der Waals surface area contributed by atoms with E-state index in [1.807, 2.05) is 6.07 Å². The first kappa shape index (κ1) is 16.4. The third kappa shape index (κ3) is 4.74. The molecule has 0 saturated heterocycles. The van der Waals surface area contributed by atoms with Crippen LogP contribution in [0, 0.1) is 0 Å². The molecule has 0 aromatic heterocycles. The van der Waals surface area contributed by atoms with Crippen LogP contribution in [-0.4, -0.2) is 37.2 Å². The Morgan fingerprint density at radius 2 is 1.74 bits per heavy atom. The number of ether oxygens (including phenoxy) is 1. The summed E-state index contributed by atoms with van der Waals surface area (Å²) in [4.78, 5) is 25.3. The fourth-order valence-corrected chi connectivity index (χ4v) is 1.98. The molecular formula is C17H18N2O4. The van der Waals surface area contributed by atoms with Gasteiger partial charge in [-0.1, -0.05) is 18.2 Å². The molecule has 1 amide bonds. The van der Waals surface area contributed by atoms with E-state index in [2.05, 4.69) is 10.1 Å². The van der Waals surface area contributed by atoms with Crippen LogP contribution in [-0.2, 0) is 14.3 Å². The Hall–Kier alpha value is -3.02. The Labute approximate surface area is 134 Å². The van der Waals surface area contributed by atoms with Crippen molar-refractivity contribution in [3.63, 3.8) is 0 Å². The van der Waals surface area contributed by atoms with Gasteiger partial charge >= 0.3 is 5.97 Å². The van der Waals surface area contributed by atoms with Crippen LogP contribution in [0.15, 0.2) is 54.6 Å². The molecule has 0 fully saturated rings. The molecule has 0 saturated carbocycles. The van der Waals surface area contributed by atoms with Crippen LogP contribution in [0.25, 0.3) is 0 Å². The number of phenolic OH excluding ortho intramolecular Hbond substituents is 1. The first-order chi connectivity index (χ1) is 11.1. The fourth-order valence-electron chi connectivity index (χ4n) is 1.98. The van der Waals surface area contributed by atoms with E-state index >= 15 is 0 Å². The number of aromatic hydroxyl groups is 1. The van der Waals surface area contributed by atoms with E-state index in [4.69, 9.17) is 0 Å². The van der Waals surface area contributed by atoms with Gasteiger partial charge in [-0.2, -0.15) is 0 Å². The van der Waals surface area contributed by atoms with Crippen LogP contribution in [0.1, 0.15) is 0 Å². The minimum atomic E-state index is -0.494. The van der Waals surface area contributed by atoms with Crippen molar-refractivity contribution in [1.29, 1.82) is 0 Å². The Bertz CT molecular complexity index is 656. The highest BCUT2D eigenvalue weighted by Gasteiger charge is 2.19. The van der Waals surface area contributed by atoms with Crippen molar-refractivity contribution < 1.29 is 19.4 Å². The van der Waals surface area contributed by atoms with E-state index in [1.54, 1.807) is 36.4 Å². The van der Waals surface area contributed by atoms with Crippen LogP contribution < -0.4 is 10.2 Å². The van der Waals surface area contributed by atoms with Crippen LogP contribution in [0.2, 0.25) is 0 Å². The fraction of sp³-hybridized carbons (Fsp3) is 0.176. The van der Waals surface area contributed by atoms with Gasteiger partial charge in [0.05, 0.1) is 13.7 Å². The van der Waals surface area contributed by atoms with Gasteiger partial charge in [0.2, 0.25) is 5.91 Å². The molecule has 6 heteroatoms. The highest BCUT2D eigenvalue weighted by Crippen LogP contribution is 2.16. The number of para-hydroxylation sites is 1. The maximum absolute atomic E-state index is 12.4. The summed E-state index contributed by atoms with van der Waals surface area (Å²) in [5.74, 6) is -0.611. The number of nitrogens with zero attached hydrogens (tertiary/aromatic N) is 1. The quantitative estimate of drug-likeness (QED) is 0.630. The first-order valence-electron chi connectivity index (χ1n) is 7.05. The number of anilines is 2. The molecule has 0 spiro atoms. The van der Waals surface area contributed by atoms with Gasteiger partial charge in [0.1, 0.15) is 12.3 Å². The number of nitrogens with one attached hydrogen (secondary N) is 1. The van der Waals surface area contributed by atoms with E-state index in [-0.39, 0.29) is 24.7 Å². The summed E-state index contributed by atoms with van der Waals surface area (Å²) in [5, 5.41) is 12.2. The predicted molar refractivity (Wildman–Crippen MR) is 87.4 cm³/mol. The van der Waals surface area contributed by atoms with E-state index < -0.39 is 5.97 Å². The predicted octanol–water partition coefficient (Wildman–Crippen LogP) is 2.01. The number of esters is 1. The number of methoxy groups -OCH3 is 1. The first-order valence-corrected chi connectivity index (χ1v) is 7.05. The monoisotopic (exact) mass is 314 g/mol. The van der Waals surface area contributed by atoms with Gasteiger partial charge in [0.25, 0.3) is 0 Å². The Morgan fingerprint density at radius 3 is 2.35 bits per heavy atom. The number of hydrogen-bond donors (Lipinski definition) is 2. The van der Waals surface area contributed by atoms with Crippen molar-refractivity contribution in [1.82, 2.24) is 0 Å². The minimum absolute atomic E-state index is 0.0106. The zero-order valence-corrected chi connectivity index (χ0v) is 12.7. The number of benzene rings is 2. The van der Waals surface area contributed by atoms with Crippen LogP contribution in [0.3, 0.4) is 0 Å². The Morgan fingerprint density at radius 1 is 1.09 bits per heavy atom. The molecule has 0 aliphatic rings. The van der Waals surface area contributed by atoms with E-state index in [0.717, 1.165) is 0 Å². The van der Waals surface area contributed by atoms with Crippen molar-refractivity contribution in [2.24, 2.45) is 0 Å². The Kier molecular flexibility index (Phi) is 5.57. The summed E-state index contributed by atoms with van der Waals surface area (Å²) >= 11 is 0. The van der Waals surface area contributed by atoms with Crippen LogP contribution in [0.4, 0.5) is 11.4 Å². The average Bonchev–Trinajstić information content (AvgIpc) is 2.59. The van der Waals surface area contributed by atoms with Gasteiger partial charge < -0.3 is 15.2 Å². The summed E-state index contributed by atoms with van der Waals surface area (Å²) in [6.45, 7) is -0.146. The normalized spacial score (nSPS) is 9.96. The van der Waals surface area contributed by atoms with Crippen molar-refractivity contribution in [3.05, 3.63) is 54.6 Å². The van der Waals surface area contributed by atoms with Gasteiger partial charge in [-0.3, -0.25) is 14.5 Å². The molecular weight excluding hydrogens is 296 g/mol. The molecule has 0 aliphatic heterocycles. The zero-order chi connectivity index (χ0) is 16.7. The molecule has 6 nitrogen and oxygen atoms in total. The third-order valence-corrected chi connectivity index (χ3v) is 3.19. The average molecular weight is 314 g/mol. The lowest BCUT2D eigenvalue weighted by Gasteiger charge is -2.22. The molecule has 2 N–H and O–H groups in total. The van der Waals surface area contributed by atoms with Crippen LogP contribution in [0.5, 0.6) is 5.75 Å². The minimum Gasteiger partial charge on any atom is -0.508 e. The lowest BCUT2D eigenvalue weighted by atomic mass is 10.2. The van der Waals surface area contributed by atoms with Crippen LogP contribution >= 0.6 is 0 Å². The smallest absolute Gasteiger partial charge is 0.325 e. The second-order valence-corrected chi connectivity index (χ2v) is 4.79. The molecule has 0 bridgehead atoms. The largest absolute Gasteiger partial charge is 0.508 e. The number of rotatable bonds is 6. The molecule has 0 atom stereocenters. The lowest BCUT2D eigenvalue weighted by molar-refractivity contribution is -0.139. The lowest BCUT2D eigenvalue weighted by Crippen LogP contribution is -2.39. The SMILES string of the molecule is COC(=O)CN(C(=O)CNc1ccc(O)cc1)c1ccccc1. The topological polar surface area (TPSA) is 78.9 Å². The van der Waals surface area contributed by atoms with E-state index in [1.165, 1.54) is 24.1 Å². The molecule has 0 aliphatic carbocycles. The van der Waals surface area contributed by atoms with Gasteiger partial charge in [-0.15, -0.1) is 0 Å². The van der Waals surface area contributed by atoms with Crippen molar-refractivity contribution in [2.75, 3.05) is 30.4 Å². The summed E-state index contributed by atoms with van der Waals surface area (Å²) < 4.78 is 4.65. The van der Waals surface area contributed by atoms with Crippen molar-refractivity contribution in [3.8, 4) is 5.75 Å². The van der Waals surface area contributed by atoms with Gasteiger partial charge in [-0.25, -0.2) is 0 Å².